The average Bonchev–Trinajstić information content (AvgIpc) is 2.98. The molecule has 6 nitrogen and oxygen atoms in total. The summed E-state index contributed by atoms with van der Waals surface area (Å²) in [5.74, 6) is 0.740. The van der Waals surface area contributed by atoms with Crippen molar-refractivity contribution < 1.29 is 14.3 Å². The maximum absolute atomic E-state index is 12.4. The summed E-state index contributed by atoms with van der Waals surface area (Å²) in [5.41, 5.74) is 1.42. The fourth-order valence-electron chi connectivity index (χ4n) is 2.96. The normalized spacial score (nSPS) is 15.7. The van der Waals surface area contributed by atoms with Gasteiger partial charge in [-0.1, -0.05) is 0 Å². The first-order valence-corrected chi connectivity index (χ1v) is 7.80. The Morgan fingerprint density at radius 3 is 2.65 bits per heavy atom. The minimum Gasteiger partial charge on any atom is -0.497 e. The second kappa shape index (κ2) is 6.32. The van der Waals surface area contributed by atoms with Gasteiger partial charge in [-0.2, -0.15) is 0 Å². The molecule has 2 aromatic rings. The maximum Gasteiger partial charge on any atom is 0.267 e. The van der Waals surface area contributed by atoms with Crippen molar-refractivity contribution in [1.29, 1.82) is 0 Å². The van der Waals surface area contributed by atoms with E-state index in [1.165, 1.54) is 0 Å². The van der Waals surface area contributed by atoms with Gasteiger partial charge in [0, 0.05) is 43.0 Å². The van der Waals surface area contributed by atoms with Crippen LogP contribution in [0.3, 0.4) is 0 Å². The highest BCUT2D eigenvalue weighted by molar-refractivity contribution is 5.98. The van der Waals surface area contributed by atoms with Crippen molar-refractivity contribution >= 4 is 22.7 Å². The summed E-state index contributed by atoms with van der Waals surface area (Å²) < 4.78 is 5.19. The van der Waals surface area contributed by atoms with Crippen molar-refractivity contribution in [3.8, 4) is 5.75 Å². The minimum atomic E-state index is -0.110. The van der Waals surface area contributed by atoms with E-state index in [4.69, 9.17) is 4.74 Å². The Kier molecular flexibility index (Phi) is 4.23. The Bertz CT molecular complexity index is 730. The molecular formula is C17H21N3O3. The lowest BCUT2D eigenvalue weighted by molar-refractivity contribution is -0.129. The number of fused-ring (bicyclic) bond motifs is 1. The molecule has 2 amide bonds. The lowest BCUT2D eigenvalue weighted by Crippen LogP contribution is -2.46. The van der Waals surface area contributed by atoms with Crippen molar-refractivity contribution in [3.63, 3.8) is 0 Å². The molecular weight excluding hydrogens is 294 g/mol. The van der Waals surface area contributed by atoms with Gasteiger partial charge in [0.05, 0.1) is 7.11 Å². The lowest BCUT2D eigenvalue weighted by atomic mass is 10.0. The molecule has 2 N–H and O–H groups in total. The zero-order valence-corrected chi connectivity index (χ0v) is 13.4. The number of hydrogen-bond acceptors (Lipinski definition) is 3. The Balaban J connectivity index is 1.65. The highest BCUT2D eigenvalue weighted by atomic mass is 16.5. The first-order chi connectivity index (χ1) is 11.1. The maximum atomic E-state index is 12.4. The highest BCUT2D eigenvalue weighted by Gasteiger charge is 2.22. The van der Waals surface area contributed by atoms with Crippen LogP contribution in [0, 0.1) is 0 Å². The van der Waals surface area contributed by atoms with Crippen molar-refractivity contribution in [3.05, 3.63) is 30.0 Å². The first kappa shape index (κ1) is 15.4. The van der Waals surface area contributed by atoms with Crippen LogP contribution < -0.4 is 10.1 Å². The second-order valence-corrected chi connectivity index (χ2v) is 5.89. The molecule has 23 heavy (non-hydrogen) atoms. The average molecular weight is 315 g/mol. The van der Waals surface area contributed by atoms with Gasteiger partial charge < -0.3 is 19.9 Å². The molecule has 1 aromatic heterocycles. The predicted molar refractivity (Wildman–Crippen MR) is 87.6 cm³/mol. The number of carbonyl (C=O) groups excluding carboxylic acids is 2. The van der Waals surface area contributed by atoms with E-state index in [2.05, 4.69) is 10.3 Å². The minimum absolute atomic E-state index is 0.0966. The number of benzene rings is 1. The summed E-state index contributed by atoms with van der Waals surface area (Å²) in [6.45, 7) is 2.98. The van der Waals surface area contributed by atoms with Crippen LogP contribution in [0.5, 0.6) is 5.75 Å². The van der Waals surface area contributed by atoms with Crippen molar-refractivity contribution in [1.82, 2.24) is 15.2 Å². The summed E-state index contributed by atoms with van der Waals surface area (Å²) in [5, 5.41) is 4.02. The van der Waals surface area contributed by atoms with Crippen LogP contribution >= 0.6 is 0 Å². The Morgan fingerprint density at radius 1 is 1.26 bits per heavy atom. The number of piperidine rings is 1. The first-order valence-electron chi connectivity index (χ1n) is 7.80. The monoisotopic (exact) mass is 315 g/mol. The summed E-state index contributed by atoms with van der Waals surface area (Å²) in [4.78, 5) is 28.7. The van der Waals surface area contributed by atoms with Crippen LogP contribution in [0.1, 0.15) is 30.3 Å². The van der Waals surface area contributed by atoms with Gasteiger partial charge in [0.15, 0.2) is 0 Å². The van der Waals surface area contributed by atoms with E-state index in [-0.39, 0.29) is 17.9 Å². The number of nitrogens with one attached hydrogen (secondary N) is 2. The molecule has 0 aliphatic carbocycles. The van der Waals surface area contributed by atoms with E-state index >= 15 is 0 Å². The van der Waals surface area contributed by atoms with Crippen LogP contribution in [-0.2, 0) is 4.79 Å². The van der Waals surface area contributed by atoms with E-state index in [0.717, 1.165) is 29.5 Å². The molecule has 1 aliphatic rings. The standard InChI is InChI=1S/C17H21N3O3/c1-11(21)20-7-5-13(6-8-20)18-17(22)16-9-12-3-4-14(23-2)10-15(12)19-16/h3-4,9-10,13,19H,5-8H2,1-2H3,(H,18,22). The molecule has 1 aliphatic heterocycles. The van der Waals surface area contributed by atoms with Crippen molar-refractivity contribution in [2.24, 2.45) is 0 Å². The molecule has 0 saturated carbocycles. The van der Waals surface area contributed by atoms with Gasteiger partial charge in [-0.05, 0) is 31.0 Å². The number of likely N-dealkylation sites (tertiary alicyclic amines) is 1. The molecule has 0 radical (unpaired) electrons. The Hall–Kier alpha value is -2.50. The van der Waals surface area contributed by atoms with Gasteiger partial charge in [0.25, 0.3) is 5.91 Å². The van der Waals surface area contributed by atoms with Gasteiger partial charge in [0.2, 0.25) is 5.91 Å². The Morgan fingerprint density at radius 2 is 2.00 bits per heavy atom. The zero-order valence-electron chi connectivity index (χ0n) is 13.4. The van der Waals surface area contributed by atoms with E-state index in [1.54, 1.807) is 14.0 Å². The predicted octanol–water partition coefficient (Wildman–Crippen LogP) is 1.92. The molecule has 0 unspecified atom stereocenters. The van der Waals surface area contributed by atoms with Gasteiger partial charge in [-0.15, -0.1) is 0 Å². The number of nitrogens with zero attached hydrogens (tertiary/aromatic N) is 1. The topological polar surface area (TPSA) is 74.4 Å². The van der Waals surface area contributed by atoms with Gasteiger partial charge >= 0.3 is 0 Å². The van der Waals surface area contributed by atoms with E-state index in [1.807, 2.05) is 29.2 Å². The third-order valence-electron chi connectivity index (χ3n) is 4.35. The van der Waals surface area contributed by atoms with Gasteiger partial charge in [0.1, 0.15) is 11.4 Å². The molecule has 1 fully saturated rings. The largest absolute Gasteiger partial charge is 0.497 e. The molecule has 6 heteroatoms. The Labute approximate surface area is 134 Å². The summed E-state index contributed by atoms with van der Waals surface area (Å²) in [6.07, 6.45) is 1.58. The van der Waals surface area contributed by atoms with Crippen LogP contribution in [0.2, 0.25) is 0 Å². The number of rotatable bonds is 3. The number of methoxy groups -OCH3 is 1. The summed E-state index contributed by atoms with van der Waals surface area (Å²) in [6, 6.07) is 7.62. The number of H-pyrrole nitrogens is 1. The summed E-state index contributed by atoms with van der Waals surface area (Å²) in [7, 11) is 1.62. The molecule has 0 bridgehead atoms. The summed E-state index contributed by atoms with van der Waals surface area (Å²) >= 11 is 0. The molecule has 0 atom stereocenters. The highest BCUT2D eigenvalue weighted by Crippen LogP contribution is 2.21. The van der Waals surface area contributed by atoms with Crippen LogP contribution in [0.25, 0.3) is 10.9 Å². The van der Waals surface area contributed by atoms with Crippen molar-refractivity contribution in [2.75, 3.05) is 20.2 Å². The molecule has 0 spiro atoms. The molecule has 2 heterocycles. The fourth-order valence-corrected chi connectivity index (χ4v) is 2.96. The number of aromatic nitrogens is 1. The number of carbonyl (C=O) groups is 2. The van der Waals surface area contributed by atoms with E-state index in [0.29, 0.717) is 18.8 Å². The van der Waals surface area contributed by atoms with Crippen LogP contribution in [-0.4, -0.2) is 47.9 Å². The van der Waals surface area contributed by atoms with Crippen LogP contribution in [0.15, 0.2) is 24.3 Å². The zero-order chi connectivity index (χ0) is 16.4. The van der Waals surface area contributed by atoms with E-state index in [9.17, 15) is 9.59 Å². The third-order valence-corrected chi connectivity index (χ3v) is 4.35. The molecule has 122 valence electrons. The quantitative estimate of drug-likeness (QED) is 0.908. The molecule has 1 saturated heterocycles. The number of hydrogen-bond donors (Lipinski definition) is 2. The van der Waals surface area contributed by atoms with Crippen molar-refractivity contribution in [2.45, 2.75) is 25.8 Å². The van der Waals surface area contributed by atoms with Gasteiger partial charge in [-0.25, -0.2) is 0 Å². The van der Waals surface area contributed by atoms with E-state index < -0.39 is 0 Å². The second-order valence-electron chi connectivity index (χ2n) is 5.89. The number of aromatic amines is 1. The fraction of sp³-hybridized carbons (Fsp3) is 0.412. The third kappa shape index (κ3) is 3.31. The lowest BCUT2D eigenvalue weighted by Gasteiger charge is -2.31. The molecule has 1 aromatic carbocycles. The number of ether oxygens (including phenoxy) is 1. The van der Waals surface area contributed by atoms with Crippen LogP contribution in [0.4, 0.5) is 0 Å². The number of amides is 2. The molecule has 3 rings (SSSR count). The smallest absolute Gasteiger partial charge is 0.267 e. The SMILES string of the molecule is COc1ccc2cc(C(=O)NC3CCN(C(C)=O)CC3)[nH]c2c1. The van der Waals surface area contributed by atoms with Gasteiger partial charge in [-0.3, -0.25) is 9.59 Å².